The molecule has 0 bridgehead atoms. The molecule has 0 aliphatic heterocycles. The number of phenolic OH excluding ortho intramolecular Hbond substituents is 1. The summed E-state index contributed by atoms with van der Waals surface area (Å²) in [6, 6.07) is 4.83. The van der Waals surface area contributed by atoms with Crippen LogP contribution in [-0.2, 0) is 0 Å². The molecule has 0 atom stereocenters. The van der Waals surface area contributed by atoms with Gasteiger partial charge in [0.15, 0.2) is 0 Å². The monoisotopic (exact) mass is 260 g/mol. The van der Waals surface area contributed by atoms with Crippen LogP contribution in [0.5, 0.6) is 5.75 Å². The zero-order valence-electron chi connectivity index (χ0n) is 11.2. The first-order chi connectivity index (χ1) is 9.15. The van der Waals surface area contributed by atoms with E-state index < -0.39 is 0 Å². The van der Waals surface area contributed by atoms with E-state index in [1.165, 1.54) is 24.8 Å². The number of benzene rings is 1. The molecule has 2 rings (SSSR count). The van der Waals surface area contributed by atoms with Crippen molar-refractivity contribution in [1.29, 1.82) is 0 Å². The molecule has 1 aliphatic carbocycles. The summed E-state index contributed by atoms with van der Waals surface area (Å²) in [6.07, 6.45) is 7.61. The minimum Gasteiger partial charge on any atom is -0.506 e. The van der Waals surface area contributed by atoms with Gasteiger partial charge in [-0.05, 0) is 50.3 Å². The first-order valence-electron chi connectivity index (χ1n) is 6.70. The van der Waals surface area contributed by atoms with Crippen LogP contribution in [0.25, 0.3) is 0 Å². The molecule has 1 aromatic carbocycles. The predicted octanol–water partition coefficient (Wildman–Crippen LogP) is 3.67. The molecule has 0 radical (unpaired) electrons. The van der Waals surface area contributed by atoms with E-state index in [-0.39, 0.29) is 11.8 Å². The minimum atomic E-state index is -0.322. The smallest absolute Gasteiger partial charge is 0.323 e. The quantitative estimate of drug-likeness (QED) is 0.710. The summed E-state index contributed by atoms with van der Waals surface area (Å²) in [5, 5.41) is 15.1. The van der Waals surface area contributed by atoms with Crippen LogP contribution in [-0.4, -0.2) is 11.1 Å². The van der Waals surface area contributed by atoms with Crippen molar-refractivity contribution in [2.45, 2.75) is 39.0 Å². The van der Waals surface area contributed by atoms with E-state index in [1.807, 2.05) is 13.0 Å². The third-order valence-corrected chi connectivity index (χ3v) is 3.30. The second kappa shape index (κ2) is 6.27. The van der Waals surface area contributed by atoms with Crippen LogP contribution >= 0.6 is 0 Å². The normalized spacial score (nSPS) is 14.9. The Morgan fingerprint density at radius 3 is 2.68 bits per heavy atom. The lowest BCUT2D eigenvalue weighted by Gasteiger charge is -2.14. The van der Waals surface area contributed by atoms with Crippen molar-refractivity contribution in [3.8, 4) is 5.75 Å². The number of carbonyl (C=O) groups is 1. The molecule has 4 nitrogen and oxygen atoms in total. The summed E-state index contributed by atoms with van der Waals surface area (Å²) in [6.45, 7) is 1.89. The molecule has 19 heavy (non-hydrogen) atoms. The lowest BCUT2D eigenvalue weighted by atomic mass is 9.96. The molecule has 0 unspecified atom stereocenters. The van der Waals surface area contributed by atoms with E-state index in [4.69, 9.17) is 0 Å². The van der Waals surface area contributed by atoms with Gasteiger partial charge in [-0.3, -0.25) is 0 Å². The van der Waals surface area contributed by atoms with E-state index in [9.17, 15) is 9.90 Å². The molecule has 0 saturated heterocycles. The van der Waals surface area contributed by atoms with Crippen LogP contribution < -0.4 is 10.6 Å². The molecule has 0 heterocycles. The number of aromatic hydroxyl groups is 1. The number of carbonyl (C=O) groups excluding carboxylic acids is 1. The molecule has 0 aromatic heterocycles. The first kappa shape index (κ1) is 13.5. The minimum absolute atomic E-state index is 0.0838. The first-order valence-corrected chi connectivity index (χ1v) is 6.70. The topological polar surface area (TPSA) is 61.4 Å². The van der Waals surface area contributed by atoms with Gasteiger partial charge in [-0.15, -0.1) is 0 Å². The Labute approximate surface area is 113 Å². The number of nitrogens with one attached hydrogen (secondary N) is 2. The van der Waals surface area contributed by atoms with Crippen LogP contribution in [0.1, 0.15) is 37.7 Å². The summed E-state index contributed by atoms with van der Waals surface area (Å²) in [7, 11) is 0. The molecular formula is C15H20N2O2. The highest BCUT2D eigenvalue weighted by Gasteiger charge is 2.07. The van der Waals surface area contributed by atoms with Gasteiger partial charge in [0.25, 0.3) is 0 Å². The van der Waals surface area contributed by atoms with Crippen LogP contribution in [0.2, 0.25) is 0 Å². The standard InChI is InChI=1S/C15H20N2O2/c1-11-7-8-13(14(18)9-11)17-15(19)16-10-12-5-3-2-4-6-12/h7-10,18H,2-6H2,1H3,(H2,16,17,19). The third-order valence-electron chi connectivity index (χ3n) is 3.30. The summed E-state index contributed by atoms with van der Waals surface area (Å²) in [5.74, 6) is 0.0838. The number of urea groups is 1. The molecule has 1 fully saturated rings. The van der Waals surface area contributed by atoms with Gasteiger partial charge >= 0.3 is 6.03 Å². The van der Waals surface area contributed by atoms with E-state index >= 15 is 0 Å². The summed E-state index contributed by atoms with van der Waals surface area (Å²) in [4.78, 5) is 11.7. The van der Waals surface area contributed by atoms with Crippen molar-refractivity contribution < 1.29 is 9.90 Å². The number of anilines is 1. The SMILES string of the molecule is Cc1ccc(NC(=O)NC=C2CCCCC2)c(O)c1. The fourth-order valence-corrected chi connectivity index (χ4v) is 2.22. The highest BCUT2D eigenvalue weighted by atomic mass is 16.3. The van der Waals surface area contributed by atoms with Crippen molar-refractivity contribution in [1.82, 2.24) is 5.32 Å². The molecule has 1 saturated carbocycles. The number of aryl methyl sites for hydroxylation is 1. The van der Waals surface area contributed by atoms with Crippen molar-refractivity contribution >= 4 is 11.7 Å². The maximum absolute atomic E-state index is 11.7. The molecule has 1 aliphatic rings. The van der Waals surface area contributed by atoms with Gasteiger partial charge in [0, 0.05) is 6.20 Å². The van der Waals surface area contributed by atoms with E-state index in [1.54, 1.807) is 18.3 Å². The Morgan fingerprint density at radius 1 is 1.26 bits per heavy atom. The Kier molecular flexibility index (Phi) is 4.44. The lowest BCUT2D eigenvalue weighted by molar-refractivity contribution is 0.255. The summed E-state index contributed by atoms with van der Waals surface area (Å²) in [5.41, 5.74) is 2.66. The zero-order valence-corrected chi connectivity index (χ0v) is 11.2. The number of hydrogen-bond acceptors (Lipinski definition) is 2. The Morgan fingerprint density at radius 2 is 2.00 bits per heavy atom. The van der Waals surface area contributed by atoms with Gasteiger partial charge in [0.1, 0.15) is 5.75 Å². The second-order valence-corrected chi connectivity index (χ2v) is 4.98. The third kappa shape index (κ3) is 4.02. The van der Waals surface area contributed by atoms with Crippen molar-refractivity contribution in [3.63, 3.8) is 0 Å². The number of hydrogen-bond donors (Lipinski definition) is 3. The van der Waals surface area contributed by atoms with Crippen LogP contribution in [0.4, 0.5) is 10.5 Å². The summed E-state index contributed by atoms with van der Waals surface area (Å²) < 4.78 is 0. The fourth-order valence-electron chi connectivity index (χ4n) is 2.22. The predicted molar refractivity (Wildman–Crippen MR) is 76.2 cm³/mol. The zero-order chi connectivity index (χ0) is 13.7. The van der Waals surface area contributed by atoms with Gasteiger partial charge in [-0.2, -0.15) is 0 Å². The largest absolute Gasteiger partial charge is 0.506 e. The number of allylic oxidation sites excluding steroid dienone is 1. The molecule has 3 N–H and O–H groups in total. The highest BCUT2D eigenvalue weighted by Crippen LogP contribution is 2.24. The molecule has 102 valence electrons. The fraction of sp³-hybridized carbons (Fsp3) is 0.400. The molecular weight excluding hydrogens is 240 g/mol. The Balaban J connectivity index is 1.90. The number of rotatable bonds is 2. The van der Waals surface area contributed by atoms with Crippen LogP contribution in [0.15, 0.2) is 30.0 Å². The Bertz CT molecular complexity index is 487. The second-order valence-electron chi connectivity index (χ2n) is 4.98. The van der Waals surface area contributed by atoms with E-state index in [0.717, 1.165) is 18.4 Å². The molecule has 0 spiro atoms. The number of phenols is 1. The molecule has 4 heteroatoms. The number of amides is 2. The lowest BCUT2D eigenvalue weighted by Crippen LogP contribution is -2.24. The average molecular weight is 260 g/mol. The summed E-state index contributed by atoms with van der Waals surface area (Å²) >= 11 is 0. The van der Waals surface area contributed by atoms with Crippen molar-refractivity contribution in [2.75, 3.05) is 5.32 Å². The van der Waals surface area contributed by atoms with E-state index in [2.05, 4.69) is 10.6 Å². The van der Waals surface area contributed by atoms with Gasteiger partial charge in [-0.1, -0.05) is 18.1 Å². The van der Waals surface area contributed by atoms with Crippen LogP contribution in [0.3, 0.4) is 0 Å². The average Bonchev–Trinajstić information content (AvgIpc) is 2.41. The highest BCUT2D eigenvalue weighted by molar-refractivity contribution is 5.91. The van der Waals surface area contributed by atoms with Gasteiger partial charge < -0.3 is 15.7 Å². The van der Waals surface area contributed by atoms with Crippen molar-refractivity contribution in [2.24, 2.45) is 0 Å². The van der Waals surface area contributed by atoms with Gasteiger partial charge in [-0.25, -0.2) is 4.79 Å². The van der Waals surface area contributed by atoms with E-state index in [0.29, 0.717) is 5.69 Å². The molecule has 2 amide bonds. The maximum atomic E-state index is 11.7. The molecule has 1 aromatic rings. The van der Waals surface area contributed by atoms with Crippen molar-refractivity contribution in [3.05, 3.63) is 35.5 Å². The van der Waals surface area contributed by atoms with Gasteiger partial charge in [0.05, 0.1) is 5.69 Å². The van der Waals surface area contributed by atoms with Crippen LogP contribution in [0, 0.1) is 6.92 Å². The Hall–Kier alpha value is -1.97. The van der Waals surface area contributed by atoms with Gasteiger partial charge in [0.2, 0.25) is 0 Å². The maximum Gasteiger partial charge on any atom is 0.323 e.